The average Bonchev–Trinajstić information content (AvgIpc) is 3.08. The molecule has 1 saturated heterocycles. The van der Waals surface area contributed by atoms with Crippen LogP contribution in [0.25, 0.3) is 0 Å². The lowest BCUT2D eigenvalue weighted by atomic mass is 9.98. The number of aromatic nitrogens is 2. The molecule has 0 aromatic carbocycles. The number of likely N-dealkylation sites (tertiary alicyclic amines) is 1. The van der Waals surface area contributed by atoms with Gasteiger partial charge < -0.3 is 9.47 Å². The van der Waals surface area contributed by atoms with E-state index >= 15 is 0 Å². The van der Waals surface area contributed by atoms with E-state index in [0.29, 0.717) is 31.1 Å². The van der Waals surface area contributed by atoms with Crippen molar-refractivity contribution in [3.8, 4) is 11.6 Å². The van der Waals surface area contributed by atoms with Crippen molar-refractivity contribution in [3.63, 3.8) is 0 Å². The molecule has 4 heterocycles. The number of hydrogen-bond acceptors (Lipinski definition) is 5. The van der Waals surface area contributed by atoms with E-state index in [1.165, 1.54) is 17.5 Å². The Balaban J connectivity index is 1.41. The summed E-state index contributed by atoms with van der Waals surface area (Å²) in [6, 6.07) is 6.88. The van der Waals surface area contributed by atoms with Gasteiger partial charge in [-0.05, 0) is 75.4 Å². The van der Waals surface area contributed by atoms with Crippen LogP contribution in [0.15, 0.2) is 24.4 Å². The van der Waals surface area contributed by atoms with Crippen molar-refractivity contribution in [1.29, 1.82) is 0 Å². The molecule has 2 aromatic rings. The predicted molar refractivity (Wildman–Crippen MR) is 101 cm³/mol. The minimum absolute atomic E-state index is 0.337. The van der Waals surface area contributed by atoms with Gasteiger partial charge >= 0.3 is 0 Å². The zero-order valence-corrected chi connectivity index (χ0v) is 15.9. The van der Waals surface area contributed by atoms with E-state index in [2.05, 4.69) is 53.8 Å². The highest BCUT2D eigenvalue weighted by atomic mass is 16.6. The normalized spacial score (nSPS) is 21.0. The highest BCUT2D eigenvalue weighted by molar-refractivity contribution is 5.38. The van der Waals surface area contributed by atoms with Gasteiger partial charge in [0.05, 0.1) is 0 Å². The molecule has 2 aromatic heterocycles. The monoisotopic (exact) mass is 353 g/mol. The van der Waals surface area contributed by atoms with Crippen LogP contribution in [0, 0.1) is 19.8 Å². The van der Waals surface area contributed by atoms with Gasteiger partial charge in [-0.1, -0.05) is 0 Å². The molecule has 2 aliphatic rings. The van der Waals surface area contributed by atoms with Crippen molar-refractivity contribution in [3.05, 3.63) is 46.9 Å². The molecule has 0 bridgehead atoms. The van der Waals surface area contributed by atoms with Crippen LogP contribution in [-0.2, 0) is 6.42 Å². The number of fused-ring (bicyclic) bond motifs is 1. The molecule has 0 saturated carbocycles. The van der Waals surface area contributed by atoms with Crippen LogP contribution in [0.1, 0.15) is 41.9 Å². The first-order valence-electron chi connectivity index (χ1n) is 9.52. The van der Waals surface area contributed by atoms with Gasteiger partial charge in [0.15, 0.2) is 5.75 Å². The van der Waals surface area contributed by atoms with Crippen molar-refractivity contribution < 1.29 is 9.47 Å². The average molecular weight is 353 g/mol. The molecule has 0 radical (unpaired) electrons. The minimum atomic E-state index is 0.337. The van der Waals surface area contributed by atoms with Gasteiger partial charge in [-0.3, -0.25) is 9.88 Å². The third-order valence-corrected chi connectivity index (χ3v) is 5.43. The number of aryl methyl sites for hydroxylation is 2. The second kappa shape index (κ2) is 7.23. The van der Waals surface area contributed by atoms with E-state index in [-0.39, 0.29) is 0 Å². The number of nitrogens with zero attached hydrogens (tertiary/aromatic N) is 3. The van der Waals surface area contributed by atoms with E-state index in [9.17, 15) is 0 Å². The summed E-state index contributed by atoms with van der Waals surface area (Å²) >= 11 is 0. The lowest BCUT2D eigenvalue weighted by Crippen LogP contribution is -2.25. The summed E-state index contributed by atoms with van der Waals surface area (Å²) in [5.41, 5.74) is 4.84. The van der Waals surface area contributed by atoms with Gasteiger partial charge in [0.1, 0.15) is 13.2 Å². The van der Waals surface area contributed by atoms with Crippen molar-refractivity contribution in [2.75, 3.05) is 26.3 Å². The molecule has 0 amide bonds. The molecule has 138 valence electrons. The third-order valence-electron chi connectivity index (χ3n) is 5.43. The molecular formula is C21H27N3O2. The standard InChI is InChI=1S/C21H27N3O2/c1-14-8-18(9-15(2)23-14)10-17-4-5-24(13-17)16(3)19-11-20-21(22-12-19)26-7-6-25-20/h8-9,11-12,16-17H,4-7,10,13H2,1-3H3/t16?,17-/m0/s1. The molecule has 2 aliphatic heterocycles. The number of pyridine rings is 2. The van der Waals surface area contributed by atoms with E-state index in [1.54, 1.807) is 0 Å². The second-order valence-electron chi connectivity index (χ2n) is 7.56. The molecule has 0 aliphatic carbocycles. The summed E-state index contributed by atoms with van der Waals surface area (Å²) in [6.07, 6.45) is 4.30. The van der Waals surface area contributed by atoms with Crippen molar-refractivity contribution in [2.24, 2.45) is 5.92 Å². The largest absolute Gasteiger partial charge is 0.484 e. The summed E-state index contributed by atoms with van der Waals surface area (Å²) in [5, 5.41) is 0. The summed E-state index contributed by atoms with van der Waals surface area (Å²) < 4.78 is 11.2. The van der Waals surface area contributed by atoms with Crippen LogP contribution in [0.5, 0.6) is 11.6 Å². The number of ether oxygens (including phenoxy) is 2. The summed E-state index contributed by atoms with van der Waals surface area (Å²) in [5.74, 6) is 2.10. The van der Waals surface area contributed by atoms with E-state index < -0.39 is 0 Å². The lowest BCUT2D eigenvalue weighted by Gasteiger charge is -2.26. The maximum atomic E-state index is 5.69. The number of hydrogen-bond donors (Lipinski definition) is 0. The van der Waals surface area contributed by atoms with Gasteiger partial charge in [0.2, 0.25) is 0 Å². The molecule has 0 N–H and O–H groups in total. The van der Waals surface area contributed by atoms with Crippen LogP contribution in [0.3, 0.4) is 0 Å². The predicted octanol–water partition coefficient (Wildman–Crippen LogP) is 3.49. The van der Waals surface area contributed by atoms with Crippen LogP contribution in [0.4, 0.5) is 0 Å². The summed E-state index contributed by atoms with van der Waals surface area (Å²) in [6.45, 7) is 9.85. The van der Waals surface area contributed by atoms with Gasteiger partial charge in [-0.15, -0.1) is 0 Å². The second-order valence-corrected chi connectivity index (χ2v) is 7.56. The molecule has 26 heavy (non-hydrogen) atoms. The summed E-state index contributed by atoms with van der Waals surface area (Å²) in [7, 11) is 0. The van der Waals surface area contributed by atoms with Gasteiger partial charge in [-0.25, -0.2) is 4.98 Å². The van der Waals surface area contributed by atoms with Crippen LogP contribution >= 0.6 is 0 Å². The van der Waals surface area contributed by atoms with Crippen molar-refractivity contribution in [1.82, 2.24) is 14.9 Å². The first-order chi connectivity index (χ1) is 12.6. The Labute approximate surface area is 155 Å². The Kier molecular flexibility index (Phi) is 4.81. The van der Waals surface area contributed by atoms with Gasteiger partial charge in [0.25, 0.3) is 5.88 Å². The number of rotatable bonds is 4. The summed E-state index contributed by atoms with van der Waals surface area (Å²) in [4.78, 5) is 11.5. The Morgan fingerprint density at radius 3 is 2.73 bits per heavy atom. The fourth-order valence-electron chi connectivity index (χ4n) is 4.14. The molecule has 4 rings (SSSR count). The van der Waals surface area contributed by atoms with E-state index in [4.69, 9.17) is 9.47 Å². The smallest absolute Gasteiger partial charge is 0.257 e. The quantitative estimate of drug-likeness (QED) is 0.842. The lowest BCUT2D eigenvalue weighted by molar-refractivity contribution is 0.163. The van der Waals surface area contributed by atoms with Crippen LogP contribution in [-0.4, -0.2) is 41.2 Å². The maximum absolute atomic E-state index is 5.69. The molecule has 0 spiro atoms. The fraction of sp³-hybridized carbons (Fsp3) is 0.524. The first kappa shape index (κ1) is 17.3. The van der Waals surface area contributed by atoms with E-state index in [1.807, 2.05) is 6.20 Å². The molecule has 5 nitrogen and oxygen atoms in total. The van der Waals surface area contributed by atoms with Crippen LogP contribution in [0.2, 0.25) is 0 Å². The van der Waals surface area contributed by atoms with Crippen LogP contribution < -0.4 is 9.47 Å². The Morgan fingerprint density at radius 2 is 1.92 bits per heavy atom. The first-order valence-corrected chi connectivity index (χ1v) is 9.52. The Morgan fingerprint density at radius 1 is 1.15 bits per heavy atom. The zero-order chi connectivity index (χ0) is 18.1. The molecule has 5 heteroatoms. The van der Waals surface area contributed by atoms with Crippen molar-refractivity contribution >= 4 is 0 Å². The molecule has 1 unspecified atom stereocenters. The zero-order valence-electron chi connectivity index (χ0n) is 15.9. The molecular weight excluding hydrogens is 326 g/mol. The fourth-order valence-corrected chi connectivity index (χ4v) is 4.14. The highest BCUT2D eigenvalue weighted by Gasteiger charge is 2.28. The molecule has 1 fully saturated rings. The van der Waals surface area contributed by atoms with Gasteiger partial charge in [-0.2, -0.15) is 0 Å². The third kappa shape index (κ3) is 3.68. The van der Waals surface area contributed by atoms with E-state index in [0.717, 1.165) is 36.6 Å². The SMILES string of the molecule is Cc1cc(C[C@@H]2CCN(C(C)c3cnc4c(c3)OCCO4)C2)cc(C)n1. The highest BCUT2D eigenvalue weighted by Crippen LogP contribution is 2.34. The Bertz CT molecular complexity index is 773. The minimum Gasteiger partial charge on any atom is -0.484 e. The topological polar surface area (TPSA) is 47.5 Å². The maximum Gasteiger partial charge on any atom is 0.257 e. The van der Waals surface area contributed by atoms with Crippen molar-refractivity contribution in [2.45, 2.75) is 39.7 Å². The van der Waals surface area contributed by atoms with Gasteiger partial charge in [0, 0.05) is 30.2 Å². The molecule has 2 atom stereocenters. The Hall–Kier alpha value is -2.14.